The summed E-state index contributed by atoms with van der Waals surface area (Å²) >= 11 is 0. The molecule has 0 aliphatic rings. The van der Waals surface area contributed by atoms with E-state index in [4.69, 9.17) is 9.84 Å². The van der Waals surface area contributed by atoms with Crippen LogP contribution in [0.2, 0.25) is 0 Å². The van der Waals surface area contributed by atoms with Crippen molar-refractivity contribution in [1.82, 2.24) is 5.32 Å². The van der Waals surface area contributed by atoms with Gasteiger partial charge >= 0.3 is 5.97 Å². The number of carbonyl (C=O) groups is 2. The van der Waals surface area contributed by atoms with Crippen molar-refractivity contribution in [2.24, 2.45) is 0 Å². The lowest BCUT2D eigenvalue weighted by Gasteiger charge is -2.24. The molecular formula is C16H23NO4. The Balaban J connectivity index is 2.73. The van der Waals surface area contributed by atoms with Crippen LogP contribution >= 0.6 is 0 Å². The zero-order valence-corrected chi connectivity index (χ0v) is 13.0. The summed E-state index contributed by atoms with van der Waals surface area (Å²) in [7, 11) is 0. The molecule has 0 saturated heterocycles. The summed E-state index contributed by atoms with van der Waals surface area (Å²) in [6, 6.07) is 6.96. The van der Waals surface area contributed by atoms with Crippen LogP contribution in [0.1, 0.15) is 50.0 Å². The van der Waals surface area contributed by atoms with E-state index in [2.05, 4.69) is 5.32 Å². The van der Waals surface area contributed by atoms with E-state index in [0.29, 0.717) is 18.6 Å². The minimum Gasteiger partial charge on any atom is -0.480 e. The van der Waals surface area contributed by atoms with Crippen LogP contribution in [0.15, 0.2) is 24.3 Å². The molecule has 1 atom stereocenters. The van der Waals surface area contributed by atoms with Crippen molar-refractivity contribution in [3.8, 4) is 0 Å². The number of rotatable bonds is 7. The first-order valence-corrected chi connectivity index (χ1v) is 7.05. The van der Waals surface area contributed by atoms with Crippen molar-refractivity contribution in [3.63, 3.8) is 0 Å². The number of carbonyl (C=O) groups excluding carboxylic acids is 1. The normalized spacial score (nSPS) is 13.8. The molecule has 5 nitrogen and oxygen atoms in total. The van der Waals surface area contributed by atoms with Crippen LogP contribution < -0.4 is 5.32 Å². The Morgan fingerprint density at radius 2 is 1.86 bits per heavy atom. The van der Waals surface area contributed by atoms with Crippen molar-refractivity contribution in [2.45, 2.75) is 52.4 Å². The number of aliphatic carboxylic acids is 1. The monoisotopic (exact) mass is 293 g/mol. The Labute approximate surface area is 125 Å². The first-order valence-electron chi connectivity index (χ1n) is 7.05. The Bertz CT molecular complexity index is 496. The molecule has 1 aromatic carbocycles. The van der Waals surface area contributed by atoms with E-state index >= 15 is 0 Å². The lowest BCUT2D eigenvalue weighted by molar-refractivity contribution is -0.143. The predicted octanol–water partition coefficient (Wildman–Crippen LogP) is 2.59. The Kier molecular flexibility index (Phi) is 5.90. The van der Waals surface area contributed by atoms with E-state index < -0.39 is 17.4 Å². The fraction of sp³-hybridized carbons (Fsp3) is 0.500. The van der Waals surface area contributed by atoms with Gasteiger partial charge in [-0.15, -0.1) is 0 Å². The summed E-state index contributed by atoms with van der Waals surface area (Å²) in [4.78, 5) is 23.3. The zero-order valence-electron chi connectivity index (χ0n) is 13.0. The van der Waals surface area contributed by atoms with Gasteiger partial charge in [-0.1, -0.05) is 19.1 Å². The Morgan fingerprint density at radius 1 is 1.29 bits per heavy atom. The number of benzene rings is 1. The molecule has 0 radical (unpaired) electrons. The highest BCUT2D eigenvalue weighted by Crippen LogP contribution is 2.12. The average molecular weight is 293 g/mol. The smallest absolute Gasteiger partial charge is 0.329 e. The minimum absolute atomic E-state index is 0.147. The van der Waals surface area contributed by atoms with Crippen LogP contribution in [0.5, 0.6) is 0 Å². The van der Waals surface area contributed by atoms with Crippen LogP contribution in [0.4, 0.5) is 0 Å². The highest BCUT2D eigenvalue weighted by Gasteiger charge is 2.32. The maximum Gasteiger partial charge on any atom is 0.329 e. The summed E-state index contributed by atoms with van der Waals surface area (Å²) in [5.41, 5.74) is 0.150. The lowest BCUT2D eigenvalue weighted by atomic mass is 9.98. The van der Waals surface area contributed by atoms with E-state index in [9.17, 15) is 9.59 Å². The van der Waals surface area contributed by atoms with Gasteiger partial charge in [0.25, 0.3) is 5.91 Å². The van der Waals surface area contributed by atoms with Gasteiger partial charge in [0.05, 0.1) is 12.7 Å². The number of amides is 1. The second kappa shape index (κ2) is 7.22. The maximum atomic E-state index is 12.1. The Hall–Kier alpha value is -1.88. The topological polar surface area (TPSA) is 75.6 Å². The van der Waals surface area contributed by atoms with Gasteiger partial charge in [-0.05, 0) is 44.9 Å². The molecule has 0 saturated carbocycles. The van der Waals surface area contributed by atoms with E-state index in [1.807, 2.05) is 13.8 Å². The van der Waals surface area contributed by atoms with E-state index in [1.165, 1.54) is 6.92 Å². The van der Waals surface area contributed by atoms with Crippen LogP contribution in [0, 0.1) is 0 Å². The van der Waals surface area contributed by atoms with Gasteiger partial charge in [-0.3, -0.25) is 4.79 Å². The first-order chi connectivity index (χ1) is 9.78. The lowest BCUT2D eigenvalue weighted by Crippen LogP contribution is -2.51. The zero-order chi connectivity index (χ0) is 16.0. The van der Waals surface area contributed by atoms with E-state index in [-0.39, 0.29) is 6.10 Å². The standard InChI is InChI=1S/C16H23NO4/c1-5-16(4,15(19)20)17-14(18)13-8-6-12(7-9-13)10-21-11(2)3/h6-9,11H,5,10H2,1-4H3,(H,17,18)(H,19,20). The fourth-order valence-corrected chi connectivity index (χ4v) is 1.63. The average Bonchev–Trinajstić information content (AvgIpc) is 2.45. The summed E-state index contributed by atoms with van der Waals surface area (Å²) in [5, 5.41) is 11.7. The van der Waals surface area contributed by atoms with Crippen molar-refractivity contribution in [1.29, 1.82) is 0 Å². The van der Waals surface area contributed by atoms with Gasteiger partial charge in [-0.25, -0.2) is 4.79 Å². The van der Waals surface area contributed by atoms with Crippen molar-refractivity contribution in [3.05, 3.63) is 35.4 Å². The number of carboxylic acids is 1. The van der Waals surface area contributed by atoms with Gasteiger partial charge in [-0.2, -0.15) is 0 Å². The van der Waals surface area contributed by atoms with Crippen molar-refractivity contribution in [2.75, 3.05) is 0 Å². The molecular weight excluding hydrogens is 270 g/mol. The molecule has 0 aromatic heterocycles. The van der Waals surface area contributed by atoms with Crippen LogP contribution in [-0.2, 0) is 16.1 Å². The molecule has 0 fully saturated rings. The molecule has 21 heavy (non-hydrogen) atoms. The number of nitrogens with one attached hydrogen (secondary N) is 1. The molecule has 116 valence electrons. The summed E-state index contributed by atoms with van der Waals surface area (Å²) in [5.74, 6) is -1.43. The molecule has 1 unspecified atom stereocenters. The summed E-state index contributed by atoms with van der Waals surface area (Å²) in [6.07, 6.45) is 0.461. The number of hydrogen-bond donors (Lipinski definition) is 2. The van der Waals surface area contributed by atoms with Crippen LogP contribution in [-0.4, -0.2) is 28.6 Å². The third-order valence-corrected chi connectivity index (χ3v) is 3.37. The molecule has 0 aliphatic heterocycles. The third-order valence-electron chi connectivity index (χ3n) is 3.37. The van der Waals surface area contributed by atoms with Gasteiger partial charge in [0, 0.05) is 5.56 Å². The van der Waals surface area contributed by atoms with Gasteiger partial charge in [0.1, 0.15) is 5.54 Å². The molecule has 1 rings (SSSR count). The number of ether oxygens (including phenoxy) is 1. The van der Waals surface area contributed by atoms with Gasteiger partial charge < -0.3 is 15.2 Å². The highest BCUT2D eigenvalue weighted by molar-refractivity contribution is 5.97. The number of hydrogen-bond acceptors (Lipinski definition) is 3. The summed E-state index contributed by atoms with van der Waals surface area (Å²) in [6.45, 7) is 7.62. The highest BCUT2D eigenvalue weighted by atomic mass is 16.5. The molecule has 0 spiro atoms. The first kappa shape index (κ1) is 17.2. The van der Waals surface area contributed by atoms with E-state index in [0.717, 1.165) is 5.56 Å². The quantitative estimate of drug-likeness (QED) is 0.810. The largest absolute Gasteiger partial charge is 0.480 e. The molecule has 0 aliphatic carbocycles. The molecule has 2 N–H and O–H groups in total. The predicted molar refractivity (Wildman–Crippen MR) is 80.2 cm³/mol. The maximum absolute atomic E-state index is 12.1. The van der Waals surface area contributed by atoms with Crippen LogP contribution in [0.25, 0.3) is 0 Å². The molecule has 0 heterocycles. The van der Waals surface area contributed by atoms with Crippen molar-refractivity contribution >= 4 is 11.9 Å². The second-order valence-corrected chi connectivity index (χ2v) is 5.50. The van der Waals surface area contributed by atoms with E-state index in [1.54, 1.807) is 31.2 Å². The second-order valence-electron chi connectivity index (χ2n) is 5.50. The van der Waals surface area contributed by atoms with Gasteiger partial charge in [0.15, 0.2) is 0 Å². The molecule has 1 aromatic rings. The Morgan fingerprint density at radius 3 is 2.29 bits per heavy atom. The SMILES string of the molecule is CCC(C)(NC(=O)c1ccc(COC(C)C)cc1)C(=O)O. The number of carboxylic acid groups (broad SMARTS) is 1. The fourth-order valence-electron chi connectivity index (χ4n) is 1.63. The third kappa shape index (κ3) is 4.86. The van der Waals surface area contributed by atoms with Gasteiger partial charge in [0.2, 0.25) is 0 Å². The van der Waals surface area contributed by atoms with Crippen molar-refractivity contribution < 1.29 is 19.4 Å². The van der Waals surface area contributed by atoms with Crippen LogP contribution in [0.3, 0.4) is 0 Å². The molecule has 5 heteroatoms. The molecule has 0 bridgehead atoms. The minimum atomic E-state index is -1.25. The molecule has 1 amide bonds. The summed E-state index contributed by atoms with van der Waals surface area (Å²) < 4.78 is 5.48.